The van der Waals surface area contributed by atoms with Crippen LogP contribution in [0.1, 0.15) is 6.42 Å². The molecule has 0 saturated heterocycles. The highest BCUT2D eigenvalue weighted by atomic mass is 32.2. The Morgan fingerprint density at radius 1 is 1.12 bits per heavy atom. The molecule has 0 saturated carbocycles. The van der Waals surface area contributed by atoms with Gasteiger partial charge in [-0.25, -0.2) is 8.42 Å². The lowest BCUT2D eigenvalue weighted by Gasteiger charge is -2.18. The Bertz CT molecular complexity index is 809. The molecule has 26 heavy (non-hydrogen) atoms. The van der Waals surface area contributed by atoms with Crippen molar-refractivity contribution in [2.75, 3.05) is 24.4 Å². The van der Waals surface area contributed by atoms with Crippen molar-refractivity contribution < 1.29 is 17.9 Å². The fraction of sp³-hybridized carbons (Fsp3) is 0.278. The molecule has 1 amide bonds. The van der Waals surface area contributed by atoms with E-state index in [-0.39, 0.29) is 4.90 Å². The Kier molecular flexibility index (Phi) is 7.50. The van der Waals surface area contributed by atoms with E-state index in [0.717, 1.165) is 0 Å². The molecule has 2 aromatic carbocycles. The summed E-state index contributed by atoms with van der Waals surface area (Å²) in [6.07, 6.45) is 2.29. The second kappa shape index (κ2) is 9.61. The van der Waals surface area contributed by atoms with Crippen LogP contribution in [-0.2, 0) is 14.8 Å². The van der Waals surface area contributed by atoms with Crippen LogP contribution < -0.4 is 14.8 Å². The predicted octanol–water partition coefficient (Wildman–Crippen LogP) is 2.73. The number of amides is 1. The van der Waals surface area contributed by atoms with Gasteiger partial charge in [0.05, 0.1) is 12.0 Å². The SMILES string of the molecule is COc1ccc(NC(=O)[C@H](CCSC)NS(=O)(=O)c2ccccc2)cc1. The summed E-state index contributed by atoms with van der Waals surface area (Å²) in [7, 11) is -2.22. The number of hydrogen-bond donors (Lipinski definition) is 2. The van der Waals surface area contributed by atoms with Gasteiger partial charge in [0.25, 0.3) is 0 Å². The Labute approximate surface area is 158 Å². The van der Waals surface area contributed by atoms with Gasteiger partial charge in [0.2, 0.25) is 15.9 Å². The van der Waals surface area contributed by atoms with Crippen molar-refractivity contribution in [2.24, 2.45) is 0 Å². The first-order chi connectivity index (χ1) is 12.5. The minimum atomic E-state index is -3.78. The number of thioether (sulfide) groups is 1. The van der Waals surface area contributed by atoms with Crippen LogP contribution >= 0.6 is 11.8 Å². The highest BCUT2D eigenvalue weighted by Gasteiger charge is 2.25. The lowest BCUT2D eigenvalue weighted by atomic mass is 10.2. The Balaban J connectivity index is 2.13. The van der Waals surface area contributed by atoms with Crippen LogP contribution in [0.4, 0.5) is 5.69 Å². The summed E-state index contributed by atoms with van der Waals surface area (Å²) in [6, 6.07) is 14.0. The first-order valence-corrected chi connectivity index (χ1v) is 10.8. The van der Waals surface area contributed by atoms with Gasteiger partial charge in [-0.2, -0.15) is 16.5 Å². The van der Waals surface area contributed by atoms with Crippen LogP contribution in [0.15, 0.2) is 59.5 Å². The number of rotatable bonds is 9. The molecule has 0 radical (unpaired) electrons. The summed E-state index contributed by atoms with van der Waals surface area (Å²) < 4.78 is 32.7. The first-order valence-electron chi connectivity index (χ1n) is 7.97. The molecular formula is C18H22N2O4S2. The second-order valence-corrected chi connectivity index (χ2v) is 8.19. The monoisotopic (exact) mass is 394 g/mol. The lowest BCUT2D eigenvalue weighted by molar-refractivity contribution is -0.117. The van der Waals surface area contributed by atoms with E-state index in [2.05, 4.69) is 10.0 Å². The van der Waals surface area contributed by atoms with E-state index in [1.807, 2.05) is 6.26 Å². The third kappa shape index (κ3) is 5.76. The maximum absolute atomic E-state index is 12.6. The maximum Gasteiger partial charge on any atom is 0.242 e. The number of ether oxygens (including phenoxy) is 1. The van der Waals surface area contributed by atoms with Crippen molar-refractivity contribution in [3.05, 3.63) is 54.6 Å². The van der Waals surface area contributed by atoms with E-state index in [9.17, 15) is 13.2 Å². The smallest absolute Gasteiger partial charge is 0.242 e. The van der Waals surface area contributed by atoms with Gasteiger partial charge >= 0.3 is 0 Å². The van der Waals surface area contributed by atoms with Gasteiger partial charge in [-0.15, -0.1) is 0 Å². The van der Waals surface area contributed by atoms with Gasteiger partial charge in [0.15, 0.2) is 0 Å². The summed E-state index contributed by atoms with van der Waals surface area (Å²) in [5.41, 5.74) is 0.573. The van der Waals surface area contributed by atoms with E-state index in [1.54, 1.807) is 61.3 Å². The molecule has 1 atom stereocenters. The Hall–Kier alpha value is -2.03. The largest absolute Gasteiger partial charge is 0.497 e. The first kappa shape index (κ1) is 20.3. The summed E-state index contributed by atoms with van der Waals surface area (Å²) in [5.74, 6) is 0.924. The van der Waals surface area contributed by atoms with Crippen LogP contribution in [-0.4, -0.2) is 39.5 Å². The number of methoxy groups -OCH3 is 1. The topological polar surface area (TPSA) is 84.5 Å². The fourth-order valence-corrected chi connectivity index (χ4v) is 3.96. The van der Waals surface area contributed by atoms with Gasteiger partial charge in [-0.1, -0.05) is 18.2 Å². The molecule has 0 aliphatic rings. The number of carbonyl (C=O) groups is 1. The molecule has 2 N–H and O–H groups in total. The van der Waals surface area contributed by atoms with E-state index < -0.39 is 22.0 Å². The van der Waals surface area contributed by atoms with Crippen LogP contribution in [0, 0.1) is 0 Å². The normalized spacial score (nSPS) is 12.4. The average Bonchev–Trinajstić information content (AvgIpc) is 2.66. The number of sulfonamides is 1. The van der Waals surface area contributed by atoms with Crippen molar-refractivity contribution in [3.8, 4) is 5.75 Å². The van der Waals surface area contributed by atoms with Gasteiger partial charge in [-0.05, 0) is 54.8 Å². The van der Waals surface area contributed by atoms with Gasteiger partial charge < -0.3 is 10.1 Å². The zero-order valence-electron chi connectivity index (χ0n) is 14.6. The number of anilines is 1. The number of hydrogen-bond acceptors (Lipinski definition) is 5. The molecule has 0 heterocycles. The molecule has 0 aromatic heterocycles. The molecule has 0 bridgehead atoms. The van der Waals surface area contributed by atoms with E-state index in [1.165, 1.54) is 12.1 Å². The second-order valence-electron chi connectivity index (χ2n) is 5.49. The van der Waals surface area contributed by atoms with E-state index in [4.69, 9.17) is 4.74 Å². The third-order valence-electron chi connectivity index (χ3n) is 3.64. The fourth-order valence-electron chi connectivity index (χ4n) is 2.24. The van der Waals surface area contributed by atoms with E-state index in [0.29, 0.717) is 23.6 Å². The standard InChI is InChI=1S/C18H22N2O4S2/c1-24-15-10-8-14(9-11-15)19-18(21)17(12-13-25-2)20-26(22,23)16-6-4-3-5-7-16/h3-11,17,20H,12-13H2,1-2H3,(H,19,21)/t17-/m0/s1. The molecule has 0 spiro atoms. The molecule has 8 heteroatoms. The van der Waals surface area contributed by atoms with Crippen molar-refractivity contribution in [1.29, 1.82) is 0 Å². The third-order valence-corrected chi connectivity index (χ3v) is 5.77. The molecule has 140 valence electrons. The zero-order chi connectivity index (χ0) is 19.0. The summed E-state index contributed by atoms with van der Waals surface area (Å²) >= 11 is 1.55. The molecular weight excluding hydrogens is 372 g/mol. The number of carbonyl (C=O) groups excluding carboxylic acids is 1. The summed E-state index contributed by atoms with van der Waals surface area (Å²) in [4.78, 5) is 12.7. The van der Waals surface area contributed by atoms with E-state index >= 15 is 0 Å². The van der Waals surface area contributed by atoms with Crippen LogP contribution in [0.3, 0.4) is 0 Å². The summed E-state index contributed by atoms with van der Waals surface area (Å²) in [5, 5.41) is 2.75. The molecule has 0 unspecified atom stereocenters. The van der Waals surface area contributed by atoms with Gasteiger partial charge in [0.1, 0.15) is 11.8 Å². The average molecular weight is 395 g/mol. The van der Waals surface area contributed by atoms with Gasteiger partial charge in [0, 0.05) is 5.69 Å². The minimum absolute atomic E-state index is 0.131. The number of nitrogens with one attached hydrogen (secondary N) is 2. The van der Waals surface area contributed by atoms with Crippen LogP contribution in [0.5, 0.6) is 5.75 Å². The molecule has 2 aromatic rings. The predicted molar refractivity (Wildman–Crippen MR) is 105 cm³/mol. The van der Waals surface area contributed by atoms with Crippen LogP contribution in [0.2, 0.25) is 0 Å². The molecule has 0 aliphatic heterocycles. The highest BCUT2D eigenvalue weighted by molar-refractivity contribution is 7.98. The quantitative estimate of drug-likeness (QED) is 0.683. The zero-order valence-corrected chi connectivity index (χ0v) is 16.3. The minimum Gasteiger partial charge on any atom is -0.497 e. The molecule has 6 nitrogen and oxygen atoms in total. The highest BCUT2D eigenvalue weighted by Crippen LogP contribution is 2.16. The van der Waals surface area contributed by atoms with Crippen LogP contribution in [0.25, 0.3) is 0 Å². The van der Waals surface area contributed by atoms with Crippen molar-refractivity contribution in [2.45, 2.75) is 17.4 Å². The lowest BCUT2D eigenvalue weighted by Crippen LogP contribution is -2.44. The molecule has 2 rings (SSSR count). The van der Waals surface area contributed by atoms with Crippen molar-refractivity contribution >= 4 is 33.4 Å². The molecule has 0 fully saturated rings. The summed E-state index contributed by atoms with van der Waals surface area (Å²) in [6.45, 7) is 0. The number of benzene rings is 2. The van der Waals surface area contributed by atoms with Gasteiger partial charge in [-0.3, -0.25) is 4.79 Å². The molecule has 0 aliphatic carbocycles. The van der Waals surface area contributed by atoms with Crippen molar-refractivity contribution in [3.63, 3.8) is 0 Å². The Morgan fingerprint density at radius 3 is 2.35 bits per heavy atom. The maximum atomic E-state index is 12.6. The van der Waals surface area contributed by atoms with Crippen molar-refractivity contribution in [1.82, 2.24) is 4.72 Å². The Morgan fingerprint density at radius 2 is 1.77 bits per heavy atom.